The van der Waals surface area contributed by atoms with E-state index in [9.17, 15) is 39.9 Å². The lowest BCUT2D eigenvalue weighted by molar-refractivity contribution is -0.0976. The molecule has 0 fully saturated rings. The quantitative estimate of drug-likeness (QED) is 0.613. The van der Waals surface area contributed by atoms with Crippen LogP contribution in [-0.2, 0) is 16.3 Å². The second-order valence-electron chi connectivity index (χ2n) is 5.82. The van der Waals surface area contributed by atoms with Crippen molar-refractivity contribution in [3.05, 3.63) is 52.8 Å². The number of ether oxygens (including phenoxy) is 1. The molecule has 2 aromatic carbocycles. The first-order valence-electron chi connectivity index (χ1n) is 7.30. The fourth-order valence-electron chi connectivity index (χ4n) is 2.79. The van der Waals surface area contributed by atoms with E-state index in [1.165, 1.54) is 0 Å². The Bertz CT molecular complexity index is 999. The van der Waals surface area contributed by atoms with Crippen LogP contribution in [0.2, 0.25) is 0 Å². The molecule has 0 saturated carbocycles. The van der Waals surface area contributed by atoms with Crippen LogP contribution in [0.25, 0.3) is 0 Å². The van der Waals surface area contributed by atoms with Crippen LogP contribution in [-0.4, -0.2) is 25.5 Å². The van der Waals surface area contributed by atoms with Gasteiger partial charge in [0, 0.05) is 29.7 Å². The molecule has 0 aromatic heterocycles. The molecule has 27 heavy (non-hydrogen) atoms. The summed E-state index contributed by atoms with van der Waals surface area (Å²) in [7, 11) is -4.60. The molecule has 11 heteroatoms. The number of hydrogen-bond acceptors (Lipinski definition) is 4. The lowest BCUT2D eigenvalue weighted by Crippen LogP contribution is -2.22. The van der Waals surface area contributed by atoms with E-state index in [0.717, 1.165) is 12.1 Å². The SMILES string of the molecule is O=S(=O)(CF)c1ccc(Oc2cc(F)c(F)c(F)c2)c2c1[C@H](O)C(F)(F)C2. The van der Waals surface area contributed by atoms with Gasteiger partial charge < -0.3 is 9.84 Å². The molecule has 1 atom stereocenters. The van der Waals surface area contributed by atoms with Crippen molar-refractivity contribution in [2.75, 3.05) is 6.01 Å². The monoisotopic (exact) mass is 412 g/mol. The summed E-state index contributed by atoms with van der Waals surface area (Å²) in [4.78, 5) is -0.839. The van der Waals surface area contributed by atoms with Gasteiger partial charge in [-0.1, -0.05) is 0 Å². The van der Waals surface area contributed by atoms with E-state index < -0.39 is 79.3 Å². The van der Waals surface area contributed by atoms with Crippen molar-refractivity contribution in [3.63, 3.8) is 0 Å². The van der Waals surface area contributed by atoms with Gasteiger partial charge in [0.1, 0.15) is 17.6 Å². The molecule has 0 aliphatic heterocycles. The van der Waals surface area contributed by atoms with Gasteiger partial charge in [0.2, 0.25) is 9.84 Å². The smallest absolute Gasteiger partial charge is 0.281 e. The second-order valence-corrected chi connectivity index (χ2v) is 7.71. The Balaban J connectivity index is 2.15. The first-order valence-corrected chi connectivity index (χ1v) is 8.96. The maximum atomic E-state index is 13.9. The molecule has 1 aliphatic carbocycles. The number of aliphatic hydroxyl groups is 1. The number of fused-ring (bicyclic) bond motifs is 1. The van der Waals surface area contributed by atoms with E-state index in [2.05, 4.69) is 0 Å². The number of aliphatic hydroxyl groups excluding tert-OH is 1. The van der Waals surface area contributed by atoms with E-state index in [1.54, 1.807) is 0 Å². The van der Waals surface area contributed by atoms with Crippen LogP contribution in [0.15, 0.2) is 29.2 Å². The number of benzene rings is 2. The molecule has 0 radical (unpaired) electrons. The van der Waals surface area contributed by atoms with E-state index in [1.807, 2.05) is 0 Å². The Kier molecular flexibility index (Phi) is 4.63. The highest BCUT2D eigenvalue weighted by molar-refractivity contribution is 7.91. The highest BCUT2D eigenvalue weighted by Gasteiger charge is 2.50. The number of hydrogen-bond donors (Lipinski definition) is 1. The van der Waals surface area contributed by atoms with Crippen molar-refractivity contribution in [1.82, 2.24) is 0 Å². The minimum Gasteiger partial charge on any atom is -0.457 e. The van der Waals surface area contributed by atoms with Gasteiger partial charge in [0.15, 0.2) is 23.5 Å². The van der Waals surface area contributed by atoms with Crippen molar-refractivity contribution in [1.29, 1.82) is 0 Å². The van der Waals surface area contributed by atoms with E-state index in [0.29, 0.717) is 12.1 Å². The summed E-state index contributed by atoms with van der Waals surface area (Å²) in [5.74, 6) is -9.75. The molecule has 0 bridgehead atoms. The summed E-state index contributed by atoms with van der Waals surface area (Å²) in [5.41, 5.74) is -1.22. The average molecular weight is 412 g/mol. The summed E-state index contributed by atoms with van der Waals surface area (Å²) in [6.45, 7) is 0. The van der Waals surface area contributed by atoms with Gasteiger partial charge in [-0.3, -0.25) is 0 Å². The number of sulfone groups is 1. The standard InChI is InChI=1S/C16H10F6O4S/c17-6-27(24,25)12-2-1-11(8-5-16(21,22)15(23)13(8)12)26-7-3-9(18)14(20)10(19)4-7/h1-4,15,23H,5-6H2/t15-/m0/s1. The lowest BCUT2D eigenvalue weighted by Gasteiger charge is -2.16. The van der Waals surface area contributed by atoms with Crippen LogP contribution in [0.1, 0.15) is 17.2 Å². The largest absolute Gasteiger partial charge is 0.457 e. The Morgan fingerprint density at radius 1 is 1.15 bits per heavy atom. The average Bonchev–Trinajstić information content (AvgIpc) is 2.83. The molecule has 3 rings (SSSR count). The van der Waals surface area contributed by atoms with E-state index in [-0.39, 0.29) is 0 Å². The van der Waals surface area contributed by atoms with Crippen LogP contribution in [0.3, 0.4) is 0 Å². The van der Waals surface area contributed by atoms with E-state index >= 15 is 0 Å². The third-order valence-electron chi connectivity index (χ3n) is 4.02. The second kappa shape index (κ2) is 6.41. The van der Waals surface area contributed by atoms with Gasteiger partial charge in [-0.15, -0.1) is 0 Å². The first-order chi connectivity index (χ1) is 12.5. The zero-order valence-corrected chi connectivity index (χ0v) is 14.0. The maximum absolute atomic E-state index is 13.9. The Morgan fingerprint density at radius 3 is 2.30 bits per heavy atom. The van der Waals surface area contributed by atoms with Gasteiger partial charge in [0.05, 0.1) is 4.90 Å². The highest BCUT2D eigenvalue weighted by atomic mass is 32.2. The Morgan fingerprint density at radius 2 is 1.74 bits per heavy atom. The summed E-state index contributed by atoms with van der Waals surface area (Å²) in [5, 5.41) is 9.80. The molecule has 4 nitrogen and oxygen atoms in total. The predicted octanol–water partition coefficient (Wildman–Crippen LogP) is 3.82. The van der Waals surface area contributed by atoms with Crippen molar-refractivity contribution in [3.8, 4) is 11.5 Å². The number of alkyl halides is 3. The Labute approximate surface area is 148 Å². The van der Waals surface area contributed by atoms with Gasteiger partial charge in [-0.2, -0.15) is 0 Å². The summed E-state index contributed by atoms with van der Waals surface area (Å²) in [6.07, 6.45) is -3.70. The van der Waals surface area contributed by atoms with Crippen LogP contribution in [0.4, 0.5) is 26.3 Å². The third-order valence-corrected chi connectivity index (χ3v) is 5.34. The summed E-state index contributed by atoms with van der Waals surface area (Å²) < 4.78 is 109. The maximum Gasteiger partial charge on any atom is 0.281 e. The molecule has 0 spiro atoms. The van der Waals surface area contributed by atoms with Gasteiger partial charge in [-0.05, 0) is 12.1 Å². The normalized spacial score (nSPS) is 18.4. The van der Waals surface area contributed by atoms with Crippen molar-refractivity contribution < 1.29 is 44.6 Å². The third kappa shape index (κ3) is 3.25. The van der Waals surface area contributed by atoms with Gasteiger partial charge in [0.25, 0.3) is 5.92 Å². The minimum absolute atomic E-state index is 0.440. The fraction of sp³-hybridized carbons (Fsp3) is 0.250. The van der Waals surface area contributed by atoms with E-state index in [4.69, 9.17) is 4.74 Å². The van der Waals surface area contributed by atoms with Crippen molar-refractivity contribution in [2.24, 2.45) is 0 Å². The van der Waals surface area contributed by atoms with Crippen molar-refractivity contribution >= 4 is 9.84 Å². The summed E-state index contributed by atoms with van der Waals surface area (Å²) >= 11 is 0. The first kappa shape index (κ1) is 19.5. The molecule has 0 amide bonds. The van der Waals surface area contributed by atoms with Crippen LogP contribution in [0, 0.1) is 17.5 Å². The van der Waals surface area contributed by atoms with Crippen LogP contribution < -0.4 is 4.74 Å². The molecular formula is C16H10F6O4S. The molecule has 1 aliphatic rings. The predicted molar refractivity (Wildman–Crippen MR) is 79.6 cm³/mol. The number of halogens is 6. The fourth-order valence-corrected chi connectivity index (χ4v) is 3.76. The molecule has 1 N–H and O–H groups in total. The van der Waals surface area contributed by atoms with Crippen molar-refractivity contribution in [2.45, 2.75) is 23.3 Å². The molecule has 0 saturated heterocycles. The number of rotatable bonds is 4. The minimum atomic E-state index is -4.60. The Hall–Kier alpha value is -2.27. The molecule has 0 unspecified atom stereocenters. The lowest BCUT2D eigenvalue weighted by atomic mass is 10.1. The molecule has 0 heterocycles. The van der Waals surface area contributed by atoms with Gasteiger partial charge >= 0.3 is 0 Å². The van der Waals surface area contributed by atoms with Crippen LogP contribution >= 0.6 is 0 Å². The van der Waals surface area contributed by atoms with Crippen LogP contribution in [0.5, 0.6) is 11.5 Å². The molecule has 146 valence electrons. The highest BCUT2D eigenvalue weighted by Crippen LogP contribution is 2.49. The van der Waals surface area contributed by atoms with Gasteiger partial charge in [-0.25, -0.2) is 34.8 Å². The molecular weight excluding hydrogens is 402 g/mol. The summed E-state index contributed by atoms with van der Waals surface area (Å²) in [6, 6.07) is 0.659. The zero-order valence-electron chi connectivity index (χ0n) is 13.1. The zero-order chi connectivity index (χ0) is 20.1. The topological polar surface area (TPSA) is 63.6 Å². The molecule has 2 aromatic rings.